The van der Waals surface area contributed by atoms with Crippen LogP contribution in [0.25, 0.3) is 5.69 Å². The third-order valence-electron chi connectivity index (χ3n) is 5.17. The molecular formula is C21H30ClN5O3. The summed E-state index contributed by atoms with van der Waals surface area (Å²) in [6.07, 6.45) is -0.449. The molecule has 1 aromatic carbocycles. The van der Waals surface area contributed by atoms with Gasteiger partial charge in [0.15, 0.2) is 0 Å². The molecule has 8 nitrogen and oxygen atoms in total. The zero-order valence-corrected chi connectivity index (χ0v) is 18.6. The van der Waals surface area contributed by atoms with Crippen LogP contribution in [0.1, 0.15) is 26.5 Å². The van der Waals surface area contributed by atoms with E-state index in [0.717, 1.165) is 11.4 Å². The molecule has 0 aliphatic carbocycles. The summed E-state index contributed by atoms with van der Waals surface area (Å²) in [6.45, 7) is 8.88. The van der Waals surface area contributed by atoms with Gasteiger partial charge in [-0.15, -0.1) is 12.4 Å². The second-order valence-corrected chi connectivity index (χ2v) is 7.84. The number of hydrogen-bond acceptors (Lipinski definition) is 5. The summed E-state index contributed by atoms with van der Waals surface area (Å²) in [7, 11) is 0. The van der Waals surface area contributed by atoms with E-state index in [-0.39, 0.29) is 30.3 Å². The summed E-state index contributed by atoms with van der Waals surface area (Å²) in [4.78, 5) is 28.7. The zero-order chi connectivity index (χ0) is 21.1. The number of benzene rings is 1. The number of hydrogen-bond donors (Lipinski definition) is 1. The SMILES string of the molecule is Cc1cc(OC(=O)N2CCN(C(=O)[C@@H](N)C(C)C)CC2C)n(-c2ccccc2)n1.Cl. The Hall–Kier alpha value is -2.58. The van der Waals surface area contributed by atoms with Crippen molar-refractivity contribution in [2.75, 3.05) is 19.6 Å². The number of halogens is 1. The molecule has 3 rings (SSSR count). The van der Waals surface area contributed by atoms with Gasteiger partial charge in [-0.2, -0.15) is 5.10 Å². The van der Waals surface area contributed by atoms with Crippen molar-refractivity contribution in [1.82, 2.24) is 19.6 Å². The molecule has 1 aliphatic rings. The van der Waals surface area contributed by atoms with Crippen molar-refractivity contribution in [2.24, 2.45) is 11.7 Å². The summed E-state index contributed by atoms with van der Waals surface area (Å²) < 4.78 is 7.28. The average molecular weight is 436 g/mol. The molecule has 0 spiro atoms. The summed E-state index contributed by atoms with van der Waals surface area (Å²) in [6, 6.07) is 10.5. The second-order valence-electron chi connectivity index (χ2n) is 7.84. The van der Waals surface area contributed by atoms with Crippen LogP contribution in [0.3, 0.4) is 0 Å². The van der Waals surface area contributed by atoms with Gasteiger partial charge in [0.2, 0.25) is 11.8 Å². The van der Waals surface area contributed by atoms with E-state index >= 15 is 0 Å². The normalized spacial score (nSPS) is 17.5. The van der Waals surface area contributed by atoms with Crippen molar-refractivity contribution in [1.29, 1.82) is 0 Å². The number of carbonyl (C=O) groups is 2. The molecular weight excluding hydrogens is 406 g/mol. The Balaban J connectivity index is 0.00000320. The highest BCUT2D eigenvalue weighted by molar-refractivity contribution is 5.85. The Morgan fingerprint density at radius 2 is 1.87 bits per heavy atom. The summed E-state index contributed by atoms with van der Waals surface area (Å²) >= 11 is 0. The van der Waals surface area contributed by atoms with Gasteiger partial charge in [-0.05, 0) is 31.9 Å². The largest absolute Gasteiger partial charge is 0.416 e. The van der Waals surface area contributed by atoms with Gasteiger partial charge < -0.3 is 20.3 Å². The lowest BCUT2D eigenvalue weighted by Crippen LogP contribution is -2.59. The highest BCUT2D eigenvalue weighted by Crippen LogP contribution is 2.21. The number of carbonyl (C=O) groups excluding carboxylic acids is 2. The van der Waals surface area contributed by atoms with Crippen LogP contribution in [0, 0.1) is 12.8 Å². The van der Waals surface area contributed by atoms with Crippen molar-refractivity contribution in [3.8, 4) is 11.6 Å². The van der Waals surface area contributed by atoms with Gasteiger partial charge in [-0.25, -0.2) is 9.48 Å². The predicted molar refractivity (Wildman–Crippen MR) is 117 cm³/mol. The fourth-order valence-corrected chi connectivity index (χ4v) is 3.38. The van der Waals surface area contributed by atoms with E-state index in [9.17, 15) is 9.59 Å². The van der Waals surface area contributed by atoms with Crippen LogP contribution in [0.2, 0.25) is 0 Å². The van der Waals surface area contributed by atoms with Crippen LogP contribution in [-0.2, 0) is 4.79 Å². The molecule has 2 N–H and O–H groups in total. The Morgan fingerprint density at radius 1 is 1.20 bits per heavy atom. The fraction of sp³-hybridized carbons (Fsp3) is 0.476. The molecule has 0 bridgehead atoms. The standard InChI is InChI=1S/C21H29N5O3.ClH/c1-14(2)19(22)20(27)24-10-11-25(16(4)13-24)21(28)29-18-12-15(3)23-26(18)17-8-6-5-7-9-17;/h5-9,12,14,16,19H,10-11,13,22H2,1-4H3;1H/t16?,19-;/m0./s1. The molecule has 0 saturated carbocycles. The molecule has 1 unspecified atom stereocenters. The number of para-hydroxylation sites is 1. The van der Waals surface area contributed by atoms with E-state index in [0.29, 0.717) is 25.5 Å². The smallest absolute Gasteiger partial charge is 0.391 e. The zero-order valence-electron chi connectivity index (χ0n) is 17.8. The third kappa shape index (κ3) is 5.12. The van der Waals surface area contributed by atoms with Gasteiger partial charge in [-0.1, -0.05) is 32.0 Å². The molecule has 0 radical (unpaired) electrons. The van der Waals surface area contributed by atoms with Gasteiger partial charge >= 0.3 is 6.09 Å². The van der Waals surface area contributed by atoms with Crippen molar-refractivity contribution in [2.45, 2.75) is 39.8 Å². The number of aryl methyl sites for hydroxylation is 1. The van der Waals surface area contributed by atoms with Crippen molar-refractivity contribution >= 4 is 24.4 Å². The minimum atomic E-state index is -0.524. The summed E-state index contributed by atoms with van der Waals surface area (Å²) in [5, 5.41) is 4.42. The second kappa shape index (κ2) is 9.95. The van der Waals surface area contributed by atoms with Crippen LogP contribution < -0.4 is 10.5 Å². The highest BCUT2D eigenvalue weighted by atomic mass is 35.5. The first-order valence-corrected chi connectivity index (χ1v) is 9.93. The number of rotatable bonds is 4. The summed E-state index contributed by atoms with van der Waals surface area (Å²) in [5.74, 6) is 0.367. The Kier molecular flexibility index (Phi) is 7.86. The first kappa shape index (κ1) is 23.7. The number of nitrogens with zero attached hydrogens (tertiary/aromatic N) is 4. The predicted octanol–water partition coefficient (Wildman–Crippen LogP) is 2.62. The van der Waals surface area contributed by atoms with E-state index in [1.165, 1.54) is 0 Å². The van der Waals surface area contributed by atoms with Crippen LogP contribution in [0.5, 0.6) is 5.88 Å². The van der Waals surface area contributed by atoms with E-state index in [1.54, 1.807) is 20.5 Å². The van der Waals surface area contributed by atoms with Gasteiger partial charge in [0.25, 0.3) is 0 Å². The number of aromatic nitrogens is 2. The number of ether oxygens (including phenoxy) is 1. The molecule has 9 heteroatoms. The van der Waals surface area contributed by atoms with E-state index in [4.69, 9.17) is 10.5 Å². The van der Waals surface area contributed by atoms with Gasteiger partial charge in [0, 0.05) is 31.7 Å². The van der Waals surface area contributed by atoms with Crippen LogP contribution >= 0.6 is 12.4 Å². The maximum absolute atomic E-state index is 12.8. The number of piperazine rings is 1. The lowest BCUT2D eigenvalue weighted by Gasteiger charge is -2.40. The molecule has 1 aromatic heterocycles. The summed E-state index contributed by atoms with van der Waals surface area (Å²) in [5.41, 5.74) is 7.57. The lowest BCUT2D eigenvalue weighted by molar-refractivity contribution is -0.136. The first-order chi connectivity index (χ1) is 13.8. The van der Waals surface area contributed by atoms with Crippen molar-refractivity contribution < 1.29 is 14.3 Å². The van der Waals surface area contributed by atoms with Crippen LogP contribution in [0.15, 0.2) is 36.4 Å². The maximum atomic E-state index is 12.8. The average Bonchev–Trinajstić information content (AvgIpc) is 3.07. The van der Waals surface area contributed by atoms with E-state index < -0.39 is 12.1 Å². The quantitative estimate of drug-likeness (QED) is 0.796. The topological polar surface area (TPSA) is 93.7 Å². The van der Waals surface area contributed by atoms with Gasteiger partial charge in [0.1, 0.15) is 0 Å². The monoisotopic (exact) mass is 435 g/mol. The molecule has 2 heterocycles. The van der Waals surface area contributed by atoms with E-state index in [2.05, 4.69) is 5.10 Å². The molecule has 1 fully saturated rings. The number of nitrogens with two attached hydrogens (primary N) is 1. The Morgan fingerprint density at radius 3 is 2.47 bits per heavy atom. The van der Waals surface area contributed by atoms with Gasteiger partial charge in [0.05, 0.1) is 17.4 Å². The third-order valence-corrected chi connectivity index (χ3v) is 5.17. The Labute approximate surface area is 183 Å². The molecule has 1 saturated heterocycles. The molecule has 2 aromatic rings. The van der Waals surface area contributed by atoms with Crippen molar-refractivity contribution in [3.63, 3.8) is 0 Å². The molecule has 1 aliphatic heterocycles. The minimum absolute atomic E-state index is 0. The van der Waals surface area contributed by atoms with Crippen molar-refractivity contribution in [3.05, 3.63) is 42.1 Å². The lowest BCUT2D eigenvalue weighted by atomic mass is 10.0. The Bertz CT molecular complexity index is 871. The van der Waals surface area contributed by atoms with Crippen LogP contribution in [0.4, 0.5) is 4.79 Å². The van der Waals surface area contributed by atoms with E-state index in [1.807, 2.05) is 58.0 Å². The van der Waals surface area contributed by atoms with Gasteiger partial charge in [-0.3, -0.25) is 4.79 Å². The molecule has 2 amide bonds. The first-order valence-electron chi connectivity index (χ1n) is 9.93. The molecule has 164 valence electrons. The fourth-order valence-electron chi connectivity index (χ4n) is 3.38. The highest BCUT2D eigenvalue weighted by Gasteiger charge is 2.33. The maximum Gasteiger partial charge on any atom is 0.416 e. The molecule has 30 heavy (non-hydrogen) atoms. The molecule has 2 atom stereocenters. The number of amides is 2. The minimum Gasteiger partial charge on any atom is -0.391 e. The van der Waals surface area contributed by atoms with Crippen LogP contribution in [-0.4, -0.2) is 63.3 Å².